The molecule has 5 heteroatoms. The van der Waals surface area contributed by atoms with Crippen LogP contribution in [0.2, 0.25) is 0 Å². The highest BCUT2D eigenvalue weighted by Crippen LogP contribution is 2.67. The highest BCUT2D eigenvalue weighted by molar-refractivity contribution is 6.13. The Bertz CT molecular complexity index is 3550. The molecule has 13 rings (SSSR count). The van der Waals surface area contributed by atoms with E-state index in [1.165, 1.54) is 100 Å². The summed E-state index contributed by atoms with van der Waals surface area (Å²) >= 11 is 0. The third-order valence-electron chi connectivity index (χ3n) is 15.4. The fourth-order valence-electron chi connectivity index (χ4n) is 12.0. The lowest BCUT2D eigenvalue weighted by atomic mass is 9.75. The van der Waals surface area contributed by atoms with Gasteiger partial charge in [-0.15, -0.1) is 0 Å². The Kier molecular flexibility index (Phi) is 7.97. The van der Waals surface area contributed by atoms with E-state index in [0.717, 1.165) is 17.3 Å². The van der Waals surface area contributed by atoms with Crippen LogP contribution in [-0.4, -0.2) is 10.7 Å². The molecule has 67 heavy (non-hydrogen) atoms. The van der Waals surface area contributed by atoms with Gasteiger partial charge in [-0.25, -0.2) is 4.57 Å². The molecule has 2 atom stereocenters. The molecule has 0 saturated carbocycles. The van der Waals surface area contributed by atoms with Crippen molar-refractivity contribution in [1.82, 2.24) is 4.57 Å². The van der Waals surface area contributed by atoms with Crippen LogP contribution in [0, 0.1) is 6.92 Å². The first-order valence-electron chi connectivity index (χ1n) is 24.0. The Morgan fingerprint density at radius 3 is 1.82 bits per heavy atom. The molecule has 9 aromatic rings. The average Bonchev–Trinajstić information content (AvgIpc) is 3.93. The van der Waals surface area contributed by atoms with Gasteiger partial charge in [0.25, 0.3) is 5.82 Å². The second-order valence-corrected chi connectivity index (χ2v) is 22.6. The molecule has 0 amide bonds. The number of fused-ring (bicyclic) bond motifs is 9. The predicted molar refractivity (Wildman–Crippen MR) is 276 cm³/mol. The third-order valence-corrected chi connectivity index (χ3v) is 15.4. The summed E-state index contributed by atoms with van der Waals surface area (Å²) in [7, 11) is 0. The van der Waals surface area contributed by atoms with Gasteiger partial charge in [0.05, 0.1) is 28.2 Å². The summed E-state index contributed by atoms with van der Waals surface area (Å²) in [6.07, 6.45) is 2.25. The van der Waals surface area contributed by atoms with E-state index in [9.17, 15) is 0 Å². The highest BCUT2D eigenvalue weighted by atomic mass is 16.5. The van der Waals surface area contributed by atoms with E-state index in [4.69, 9.17) is 4.74 Å². The quantitative estimate of drug-likeness (QED) is 0.165. The zero-order valence-corrected chi connectivity index (χ0v) is 40.3. The number of benzene rings is 7. The monoisotopic (exact) mass is 873 g/mol. The van der Waals surface area contributed by atoms with Crippen molar-refractivity contribution in [3.05, 3.63) is 191 Å². The summed E-state index contributed by atoms with van der Waals surface area (Å²) < 4.78 is 12.5. The molecule has 4 aliphatic heterocycles. The number of aryl methyl sites for hydroxylation is 1. The number of rotatable bonds is 3. The number of aromatic nitrogens is 2. The average molecular weight is 874 g/mol. The minimum Gasteiger partial charge on any atom is -0.456 e. The minimum absolute atomic E-state index is 0.0477. The van der Waals surface area contributed by atoms with Crippen molar-refractivity contribution >= 4 is 44.6 Å². The van der Waals surface area contributed by atoms with Crippen molar-refractivity contribution in [2.75, 3.05) is 9.80 Å². The maximum Gasteiger partial charge on any atom is 0.288 e. The van der Waals surface area contributed by atoms with Crippen LogP contribution in [0.3, 0.4) is 0 Å². The van der Waals surface area contributed by atoms with Gasteiger partial charge >= 0.3 is 0 Å². The Hall–Kier alpha value is -7.11. The van der Waals surface area contributed by atoms with Crippen LogP contribution in [0.5, 0.6) is 11.5 Å². The summed E-state index contributed by atoms with van der Waals surface area (Å²) in [6.45, 7) is 23.2. The molecule has 0 saturated heterocycles. The smallest absolute Gasteiger partial charge is 0.288 e. The molecular formula is C62H57N4O+. The molecule has 1 spiro atoms. The number of nitrogens with zero attached hydrogens (tertiary/aromatic N) is 4. The number of anilines is 4. The molecular weight excluding hydrogens is 817 g/mol. The van der Waals surface area contributed by atoms with E-state index >= 15 is 0 Å². The third kappa shape index (κ3) is 5.40. The van der Waals surface area contributed by atoms with Crippen molar-refractivity contribution in [1.29, 1.82) is 0 Å². The Morgan fingerprint density at radius 1 is 0.507 bits per heavy atom. The van der Waals surface area contributed by atoms with Gasteiger partial charge in [-0.2, -0.15) is 4.57 Å². The van der Waals surface area contributed by atoms with Crippen molar-refractivity contribution < 1.29 is 9.30 Å². The van der Waals surface area contributed by atoms with Crippen molar-refractivity contribution in [3.8, 4) is 39.6 Å². The number of pyridine rings is 1. The number of hydrogen-bond donors (Lipinski definition) is 0. The molecule has 0 bridgehead atoms. The van der Waals surface area contributed by atoms with E-state index in [-0.39, 0.29) is 22.4 Å². The van der Waals surface area contributed by atoms with Crippen LogP contribution < -0.4 is 19.1 Å². The van der Waals surface area contributed by atoms with Crippen LogP contribution in [0.25, 0.3) is 49.9 Å². The molecule has 2 aromatic heterocycles. The summed E-state index contributed by atoms with van der Waals surface area (Å²) in [5.41, 5.74) is 18.7. The summed E-state index contributed by atoms with van der Waals surface area (Å²) in [5.74, 6) is 2.95. The van der Waals surface area contributed by atoms with Crippen LogP contribution in [-0.2, 0) is 21.8 Å². The predicted octanol–water partition coefficient (Wildman–Crippen LogP) is 15.4. The van der Waals surface area contributed by atoms with Gasteiger partial charge in [0.15, 0.2) is 11.7 Å². The molecule has 330 valence electrons. The van der Waals surface area contributed by atoms with Crippen molar-refractivity contribution in [2.45, 2.75) is 97.2 Å². The van der Waals surface area contributed by atoms with Gasteiger partial charge in [0.1, 0.15) is 23.2 Å². The van der Waals surface area contributed by atoms with E-state index in [0.29, 0.717) is 0 Å². The number of para-hydroxylation sites is 2. The second-order valence-electron chi connectivity index (χ2n) is 22.6. The molecule has 0 radical (unpaired) electrons. The van der Waals surface area contributed by atoms with E-state index in [2.05, 4.69) is 246 Å². The highest BCUT2D eigenvalue weighted by Gasteiger charge is 2.70. The maximum atomic E-state index is 7.27. The lowest BCUT2D eigenvalue weighted by Gasteiger charge is -2.44. The molecule has 7 aromatic carbocycles. The zero-order chi connectivity index (χ0) is 46.1. The van der Waals surface area contributed by atoms with Crippen molar-refractivity contribution in [2.24, 2.45) is 0 Å². The first-order chi connectivity index (χ1) is 32.0. The molecule has 0 N–H and O–H groups in total. The normalized spacial score (nSPS) is 17.7. The standard InChI is InChI=1S/C62H57N4O/c1-37-31-54-63(36-47(37)39-23-26-41(27-24-39)59(2,3)4)62-55-51(65-50-20-15-14-19-49(50)64(58(62)65)44-34-42(60(5,6)7)33-43(35-44)61(8,9)10)21-16-22-52(55)67-53-30-28-45-46-32-40(38-17-12-11-13-18-38)25-29-48(46)66(54)57(45)56(53)62/h11-36,58H,1-10H3/q+1. The first-order valence-corrected chi connectivity index (χ1v) is 24.0. The molecule has 6 heterocycles. The van der Waals surface area contributed by atoms with Gasteiger partial charge < -0.3 is 14.5 Å². The van der Waals surface area contributed by atoms with E-state index < -0.39 is 5.54 Å². The lowest BCUT2D eigenvalue weighted by Crippen LogP contribution is -2.70. The summed E-state index contributed by atoms with van der Waals surface area (Å²) in [5, 5.41) is 2.46. The Morgan fingerprint density at radius 2 is 1.13 bits per heavy atom. The van der Waals surface area contributed by atoms with E-state index in [1.807, 2.05) is 0 Å². The van der Waals surface area contributed by atoms with Gasteiger partial charge in [0.2, 0.25) is 5.54 Å². The maximum absolute atomic E-state index is 7.27. The van der Waals surface area contributed by atoms with Crippen LogP contribution >= 0.6 is 0 Å². The topological polar surface area (TPSA) is 24.5 Å². The first kappa shape index (κ1) is 40.2. The van der Waals surface area contributed by atoms with Crippen molar-refractivity contribution in [3.63, 3.8) is 0 Å². The van der Waals surface area contributed by atoms with E-state index in [1.54, 1.807) is 0 Å². The fraction of sp³-hybridized carbons (Fsp3) is 0.242. The van der Waals surface area contributed by atoms with Crippen LogP contribution in [0.15, 0.2) is 158 Å². The van der Waals surface area contributed by atoms with Gasteiger partial charge in [-0.1, -0.05) is 147 Å². The molecule has 5 nitrogen and oxygen atoms in total. The molecule has 0 fully saturated rings. The molecule has 0 aliphatic carbocycles. The number of ether oxygens (including phenoxy) is 1. The Balaban J connectivity index is 1.19. The zero-order valence-electron chi connectivity index (χ0n) is 40.3. The fourth-order valence-corrected chi connectivity index (χ4v) is 12.0. The summed E-state index contributed by atoms with van der Waals surface area (Å²) in [4.78, 5) is 5.34. The van der Waals surface area contributed by atoms with Gasteiger partial charge in [-0.3, -0.25) is 0 Å². The Labute approximate surface area is 394 Å². The van der Waals surface area contributed by atoms with Gasteiger partial charge in [0, 0.05) is 28.1 Å². The second kappa shape index (κ2) is 13.3. The van der Waals surface area contributed by atoms with Crippen LogP contribution in [0.1, 0.15) is 95.7 Å². The molecule has 2 unspecified atom stereocenters. The SMILES string of the molecule is Cc1cc2[n+](cc1-c1ccc(C(C)(C)C)cc1)C13c4c(cccc4N4c5ccccc5N(c5cc(C(C)(C)C)cc(C(C)(C)C)c5)C41)Oc1ccc4c5cc(-c6ccccc6)ccc5n-2c4c13. The van der Waals surface area contributed by atoms with Gasteiger partial charge in [-0.05, 0) is 123 Å². The molecule has 4 aliphatic rings. The minimum atomic E-state index is -0.784. The van der Waals surface area contributed by atoms with Crippen LogP contribution in [0.4, 0.5) is 22.7 Å². The number of hydrogen-bond acceptors (Lipinski definition) is 3. The largest absolute Gasteiger partial charge is 0.456 e. The summed E-state index contributed by atoms with van der Waals surface area (Å²) in [6, 6.07) is 57.4. The lowest BCUT2D eigenvalue weighted by molar-refractivity contribution is -0.740.